The summed E-state index contributed by atoms with van der Waals surface area (Å²) in [6.45, 7) is 8.37. The normalized spacial score (nSPS) is 24.2. The quantitative estimate of drug-likeness (QED) is 0.863. The first-order chi connectivity index (χ1) is 9.62. The Labute approximate surface area is 130 Å². The average Bonchev–Trinajstić information content (AvgIpc) is 3.00. The molecule has 114 valence electrons. The second-order valence-electron chi connectivity index (χ2n) is 5.58. The minimum Gasteiger partial charge on any atom is -0.376 e. The largest absolute Gasteiger partial charge is 0.376 e. The predicted octanol–water partition coefficient (Wildman–Crippen LogP) is 2.78. The van der Waals surface area contributed by atoms with Gasteiger partial charge in [-0.05, 0) is 48.7 Å². The van der Waals surface area contributed by atoms with Crippen LogP contribution in [0.1, 0.15) is 38.6 Å². The van der Waals surface area contributed by atoms with Gasteiger partial charge in [-0.1, -0.05) is 13.8 Å². The first kappa shape index (κ1) is 16.0. The second-order valence-corrected chi connectivity index (χ2v) is 6.37. The molecule has 5 heteroatoms. The molecule has 0 saturated carbocycles. The summed E-state index contributed by atoms with van der Waals surface area (Å²) in [6.07, 6.45) is 3.38. The Morgan fingerprint density at radius 3 is 2.75 bits per heavy atom. The summed E-state index contributed by atoms with van der Waals surface area (Å²) in [6, 6.07) is 0.343. The number of hydrogen-bond donors (Lipinski definition) is 1. The van der Waals surface area contributed by atoms with Crippen molar-refractivity contribution in [3.05, 3.63) is 15.9 Å². The predicted molar refractivity (Wildman–Crippen MR) is 85.1 cm³/mol. The zero-order valence-corrected chi connectivity index (χ0v) is 14.5. The van der Waals surface area contributed by atoms with Gasteiger partial charge in [0, 0.05) is 25.6 Å². The molecule has 0 aliphatic carbocycles. The van der Waals surface area contributed by atoms with Gasteiger partial charge >= 0.3 is 0 Å². The van der Waals surface area contributed by atoms with E-state index in [0.717, 1.165) is 38.1 Å². The van der Waals surface area contributed by atoms with Crippen LogP contribution in [0.2, 0.25) is 0 Å². The molecule has 0 spiro atoms. The van der Waals surface area contributed by atoms with E-state index >= 15 is 0 Å². The minimum atomic E-state index is 0.303. The van der Waals surface area contributed by atoms with Crippen LogP contribution in [0.15, 0.2) is 4.47 Å². The Morgan fingerprint density at radius 1 is 1.50 bits per heavy atom. The molecule has 0 bridgehead atoms. The van der Waals surface area contributed by atoms with Crippen molar-refractivity contribution >= 4 is 15.9 Å². The van der Waals surface area contributed by atoms with Crippen LogP contribution in [0, 0.1) is 5.92 Å². The first-order valence-electron chi connectivity index (χ1n) is 7.65. The zero-order chi connectivity index (χ0) is 14.7. The van der Waals surface area contributed by atoms with Crippen molar-refractivity contribution in [1.29, 1.82) is 0 Å². The fourth-order valence-corrected chi connectivity index (χ4v) is 3.76. The van der Waals surface area contributed by atoms with E-state index in [4.69, 9.17) is 4.74 Å². The third-order valence-corrected chi connectivity index (χ3v) is 5.23. The first-order valence-corrected chi connectivity index (χ1v) is 8.44. The molecule has 1 aliphatic heterocycles. The zero-order valence-electron chi connectivity index (χ0n) is 12.9. The van der Waals surface area contributed by atoms with E-state index in [9.17, 15) is 0 Å². The second kappa shape index (κ2) is 7.05. The molecule has 1 N–H and O–H groups in total. The number of aromatic nitrogens is 2. The van der Waals surface area contributed by atoms with Crippen LogP contribution < -0.4 is 5.32 Å². The van der Waals surface area contributed by atoms with Crippen LogP contribution >= 0.6 is 15.9 Å². The molecule has 2 rings (SSSR count). The maximum Gasteiger partial charge on any atom is 0.0766 e. The smallest absolute Gasteiger partial charge is 0.0766 e. The molecule has 4 nitrogen and oxygen atoms in total. The van der Waals surface area contributed by atoms with Crippen LogP contribution in [-0.2, 0) is 24.1 Å². The van der Waals surface area contributed by atoms with Crippen molar-refractivity contribution < 1.29 is 4.74 Å². The molecule has 1 saturated heterocycles. The van der Waals surface area contributed by atoms with Crippen LogP contribution in [0.3, 0.4) is 0 Å². The molecule has 0 aromatic carbocycles. The summed E-state index contributed by atoms with van der Waals surface area (Å²) in [5, 5.41) is 8.12. The Hall–Kier alpha value is -0.390. The molecular weight excluding hydrogens is 318 g/mol. The van der Waals surface area contributed by atoms with E-state index in [2.05, 4.69) is 51.8 Å². The monoisotopic (exact) mass is 343 g/mol. The highest BCUT2D eigenvalue weighted by Crippen LogP contribution is 2.28. The number of halogens is 1. The third kappa shape index (κ3) is 3.10. The lowest BCUT2D eigenvalue weighted by molar-refractivity contribution is 0.0627. The highest BCUT2D eigenvalue weighted by Gasteiger charge is 2.32. The summed E-state index contributed by atoms with van der Waals surface area (Å²) < 4.78 is 9.22. The van der Waals surface area contributed by atoms with E-state index in [1.807, 2.05) is 7.05 Å². The summed E-state index contributed by atoms with van der Waals surface area (Å²) in [4.78, 5) is 0. The Balaban J connectivity index is 2.20. The topological polar surface area (TPSA) is 39.1 Å². The van der Waals surface area contributed by atoms with Gasteiger partial charge in [0.1, 0.15) is 0 Å². The molecule has 3 atom stereocenters. The van der Waals surface area contributed by atoms with Gasteiger partial charge in [-0.15, -0.1) is 0 Å². The summed E-state index contributed by atoms with van der Waals surface area (Å²) in [5.74, 6) is 0.620. The van der Waals surface area contributed by atoms with Gasteiger partial charge in [0.15, 0.2) is 0 Å². The van der Waals surface area contributed by atoms with Crippen LogP contribution in [0.4, 0.5) is 0 Å². The Morgan fingerprint density at radius 2 is 2.25 bits per heavy atom. The molecule has 3 unspecified atom stereocenters. The van der Waals surface area contributed by atoms with Gasteiger partial charge in [-0.2, -0.15) is 5.10 Å². The van der Waals surface area contributed by atoms with Crippen molar-refractivity contribution in [3.63, 3.8) is 0 Å². The number of aryl methyl sites for hydroxylation is 2. The highest BCUT2D eigenvalue weighted by atomic mass is 79.9. The van der Waals surface area contributed by atoms with E-state index in [-0.39, 0.29) is 0 Å². The fourth-order valence-electron chi connectivity index (χ4n) is 3.03. The average molecular weight is 344 g/mol. The Bertz CT molecular complexity index is 447. The summed E-state index contributed by atoms with van der Waals surface area (Å²) in [5.41, 5.74) is 2.43. The number of rotatable bonds is 6. The lowest BCUT2D eigenvalue weighted by Crippen LogP contribution is -2.42. The van der Waals surface area contributed by atoms with Gasteiger partial charge in [-0.25, -0.2) is 0 Å². The number of hydrogen-bond acceptors (Lipinski definition) is 3. The van der Waals surface area contributed by atoms with Crippen molar-refractivity contribution in [2.24, 2.45) is 5.92 Å². The molecule has 20 heavy (non-hydrogen) atoms. The van der Waals surface area contributed by atoms with Crippen molar-refractivity contribution in [2.75, 3.05) is 13.7 Å². The lowest BCUT2D eigenvalue weighted by Gasteiger charge is -2.26. The van der Waals surface area contributed by atoms with Gasteiger partial charge < -0.3 is 10.1 Å². The van der Waals surface area contributed by atoms with Crippen molar-refractivity contribution in [1.82, 2.24) is 15.1 Å². The number of likely N-dealkylation sites (N-methyl/N-ethyl adjacent to an activating group) is 1. The molecule has 0 amide bonds. The van der Waals surface area contributed by atoms with E-state index in [1.165, 1.54) is 10.2 Å². The van der Waals surface area contributed by atoms with Gasteiger partial charge in [0.05, 0.1) is 22.0 Å². The summed E-state index contributed by atoms with van der Waals surface area (Å²) >= 11 is 3.73. The Kier molecular flexibility index (Phi) is 5.64. The van der Waals surface area contributed by atoms with Crippen LogP contribution in [0.25, 0.3) is 0 Å². The molecule has 1 fully saturated rings. The molecule has 1 aromatic heterocycles. The SMILES string of the molecule is CCc1nn(CC)c(CC(NC)C2OCCC2C)c1Br. The van der Waals surface area contributed by atoms with Crippen LogP contribution in [-0.4, -0.2) is 35.6 Å². The molecule has 2 heterocycles. The molecular formula is C15H26BrN3O. The van der Waals surface area contributed by atoms with E-state index < -0.39 is 0 Å². The van der Waals surface area contributed by atoms with Crippen LogP contribution in [0.5, 0.6) is 0 Å². The fraction of sp³-hybridized carbons (Fsp3) is 0.800. The molecule has 1 aromatic rings. The number of nitrogens with zero attached hydrogens (tertiary/aromatic N) is 2. The third-order valence-electron chi connectivity index (χ3n) is 4.32. The number of nitrogens with one attached hydrogen (secondary N) is 1. The van der Waals surface area contributed by atoms with Crippen molar-refractivity contribution in [3.8, 4) is 0 Å². The van der Waals surface area contributed by atoms with Gasteiger partial charge in [-0.3, -0.25) is 4.68 Å². The molecule has 1 aliphatic rings. The van der Waals surface area contributed by atoms with Crippen molar-refractivity contribution in [2.45, 2.75) is 58.7 Å². The maximum atomic E-state index is 5.93. The van der Waals surface area contributed by atoms with Gasteiger partial charge in [0.2, 0.25) is 0 Å². The highest BCUT2D eigenvalue weighted by molar-refractivity contribution is 9.10. The van der Waals surface area contributed by atoms with E-state index in [0.29, 0.717) is 18.1 Å². The summed E-state index contributed by atoms with van der Waals surface area (Å²) in [7, 11) is 2.03. The molecule has 0 radical (unpaired) electrons. The maximum absolute atomic E-state index is 5.93. The van der Waals surface area contributed by atoms with Gasteiger partial charge in [0.25, 0.3) is 0 Å². The standard InChI is InChI=1S/C15H26BrN3O/c1-5-11-14(16)13(19(6-2)18-11)9-12(17-4)15-10(3)7-8-20-15/h10,12,15,17H,5-9H2,1-4H3. The lowest BCUT2D eigenvalue weighted by atomic mass is 9.94. The number of ether oxygens (including phenoxy) is 1. The van der Waals surface area contributed by atoms with E-state index in [1.54, 1.807) is 0 Å². The minimum absolute atomic E-state index is 0.303.